The minimum atomic E-state index is -1.07. The topological polar surface area (TPSA) is 99.3 Å². The summed E-state index contributed by atoms with van der Waals surface area (Å²) in [4.78, 5) is 39.7. The fraction of sp³-hybridized carbons (Fsp3) is 0.148. The number of para-hydroxylation sites is 1. The van der Waals surface area contributed by atoms with Crippen molar-refractivity contribution in [2.75, 3.05) is 5.75 Å². The Kier molecular flexibility index (Phi) is 7.44. The molecule has 34 heavy (non-hydrogen) atoms. The van der Waals surface area contributed by atoms with Crippen molar-refractivity contribution in [1.29, 1.82) is 0 Å². The number of carbonyl (C=O) groups is 3. The van der Waals surface area contributed by atoms with E-state index in [1.54, 1.807) is 0 Å². The van der Waals surface area contributed by atoms with Crippen molar-refractivity contribution in [1.82, 2.24) is 10.3 Å². The Labute approximate surface area is 201 Å². The molecule has 0 bridgehead atoms. The van der Waals surface area contributed by atoms with Gasteiger partial charge in [-0.05, 0) is 28.3 Å². The molecular weight excluding hydrogens is 448 g/mol. The summed E-state index contributed by atoms with van der Waals surface area (Å²) in [5.74, 6) is -1.71. The lowest BCUT2D eigenvalue weighted by atomic mass is 10.0. The number of aromatic amines is 1. The minimum absolute atomic E-state index is 0.121. The summed E-state index contributed by atoms with van der Waals surface area (Å²) in [6.45, 7) is 0. The molecule has 0 saturated heterocycles. The van der Waals surface area contributed by atoms with Crippen LogP contribution in [0.5, 0.6) is 0 Å². The van der Waals surface area contributed by atoms with Crippen molar-refractivity contribution in [2.45, 2.75) is 18.9 Å². The molecule has 0 spiro atoms. The third-order valence-electron chi connectivity index (χ3n) is 5.48. The number of amides is 1. The van der Waals surface area contributed by atoms with Crippen LogP contribution >= 0.6 is 11.8 Å². The SMILES string of the molecule is O=C(O)CSC(=O)C(Cc1c[nH]c2ccccc12)NC(=O)Cc1ccc(-c2ccccc2)cc1. The average molecular weight is 473 g/mol. The van der Waals surface area contributed by atoms with Crippen molar-refractivity contribution in [3.8, 4) is 11.1 Å². The number of benzene rings is 3. The van der Waals surface area contributed by atoms with Crippen molar-refractivity contribution in [3.63, 3.8) is 0 Å². The zero-order chi connectivity index (χ0) is 23.9. The molecule has 1 amide bonds. The normalized spacial score (nSPS) is 11.8. The summed E-state index contributed by atoms with van der Waals surface area (Å²) in [5, 5.41) is 12.4. The maximum absolute atomic E-state index is 12.8. The van der Waals surface area contributed by atoms with Crippen LogP contribution in [0.3, 0.4) is 0 Å². The molecular formula is C27H24N2O4S. The molecule has 0 aliphatic rings. The molecule has 1 unspecified atom stereocenters. The van der Waals surface area contributed by atoms with Gasteiger partial charge in [0.25, 0.3) is 0 Å². The first-order chi connectivity index (χ1) is 16.5. The van der Waals surface area contributed by atoms with Crippen LogP contribution in [0.4, 0.5) is 0 Å². The van der Waals surface area contributed by atoms with Gasteiger partial charge in [-0.15, -0.1) is 0 Å². The lowest BCUT2D eigenvalue weighted by molar-refractivity contribution is -0.134. The van der Waals surface area contributed by atoms with Crippen LogP contribution in [0.15, 0.2) is 85.1 Å². The molecule has 0 aliphatic heterocycles. The maximum Gasteiger partial charge on any atom is 0.313 e. The molecule has 0 fully saturated rings. The van der Waals surface area contributed by atoms with Crippen molar-refractivity contribution < 1.29 is 19.5 Å². The first kappa shape index (κ1) is 23.3. The van der Waals surface area contributed by atoms with Crippen LogP contribution in [0, 0.1) is 0 Å². The van der Waals surface area contributed by atoms with Crippen molar-refractivity contribution in [3.05, 3.63) is 96.2 Å². The first-order valence-corrected chi connectivity index (χ1v) is 11.9. The van der Waals surface area contributed by atoms with Gasteiger partial charge < -0.3 is 15.4 Å². The minimum Gasteiger partial charge on any atom is -0.481 e. The highest BCUT2D eigenvalue weighted by Crippen LogP contribution is 2.22. The van der Waals surface area contributed by atoms with Crippen LogP contribution in [0.25, 0.3) is 22.0 Å². The van der Waals surface area contributed by atoms with Gasteiger partial charge in [-0.25, -0.2) is 0 Å². The number of aromatic nitrogens is 1. The summed E-state index contributed by atoms with van der Waals surface area (Å²) < 4.78 is 0. The van der Waals surface area contributed by atoms with Gasteiger partial charge in [0, 0.05) is 23.5 Å². The zero-order valence-corrected chi connectivity index (χ0v) is 19.2. The molecule has 3 aromatic carbocycles. The highest BCUT2D eigenvalue weighted by atomic mass is 32.2. The molecule has 1 atom stereocenters. The quantitative estimate of drug-likeness (QED) is 0.334. The van der Waals surface area contributed by atoms with E-state index >= 15 is 0 Å². The highest BCUT2D eigenvalue weighted by Gasteiger charge is 2.24. The van der Waals surface area contributed by atoms with Crippen LogP contribution < -0.4 is 5.32 Å². The molecule has 172 valence electrons. The molecule has 0 aliphatic carbocycles. The number of rotatable bonds is 9. The van der Waals surface area contributed by atoms with Crippen LogP contribution in [0.1, 0.15) is 11.1 Å². The standard InChI is InChI=1S/C27H24N2O4S/c30-25(14-18-10-12-20(13-11-18)19-6-2-1-3-7-19)29-24(27(33)34-17-26(31)32)15-21-16-28-23-9-5-4-8-22(21)23/h1-13,16,24,28H,14-15,17H2,(H,29,30)(H,31,32). The lowest BCUT2D eigenvalue weighted by Gasteiger charge is -2.17. The van der Waals surface area contributed by atoms with E-state index < -0.39 is 12.0 Å². The van der Waals surface area contributed by atoms with Crippen LogP contribution in [-0.2, 0) is 27.2 Å². The molecule has 1 aromatic heterocycles. The van der Waals surface area contributed by atoms with Gasteiger partial charge in [-0.2, -0.15) is 0 Å². The monoisotopic (exact) mass is 472 g/mol. The molecule has 0 saturated carbocycles. The molecule has 4 aromatic rings. The zero-order valence-electron chi connectivity index (χ0n) is 18.4. The Morgan fingerprint density at radius 3 is 2.29 bits per heavy atom. The number of thioether (sulfide) groups is 1. The molecule has 6 nitrogen and oxygen atoms in total. The summed E-state index contributed by atoms with van der Waals surface area (Å²) >= 11 is 0.704. The maximum atomic E-state index is 12.8. The first-order valence-electron chi connectivity index (χ1n) is 10.9. The number of carbonyl (C=O) groups excluding carboxylic acids is 2. The Balaban J connectivity index is 1.46. The number of carboxylic acid groups (broad SMARTS) is 1. The summed E-state index contributed by atoms with van der Waals surface area (Å²) in [7, 11) is 0. The van der Waals surface area contributed by atoms with Gasteiger partial charge in [0.05, 0.1) is 12.2 Å². The number of nitrogens with one attached hydrogen (secondary N) is 2. The van der Waals surface area contributed by atoms with Gasteiger partial charge in [0.2, 0.25) is 11.0 Å². The van der Waals surface area contributed by atoms with Crippen molar-refractivity contribution in [2.24, 2.45) is 0 Å². The highest BCUT2D eigenvalue weighted by molar-refractivity contribution is 8.14. The largest absolute Gasteiger partial charge is 0.481 e. The number of H-pyrrole nitrogens is 1. The van der Waals surface area contributed by atoms with E-state index in [1.165, 1.54) is 0 Å². The van der Waals surface area contributed by atoms with Gasteiger partial charge in [-0.1, -0.05) is 84.6 Å². The summed E-state index contributed by atoms with van der Waals surface area (Å²) in [6.07, 6.45) is 2.21. The second-order valence-electron chi connectivity index (χ2n) is 7.92. The predicted octanol–water partition coefficient (Wildman–Crippen LogP) is 4.45. The van der Waals surface area contributed by atoms with Crippen LogP contribution in [0.2, 0.25) is 0 Å². The third-order valence-corrected chi connectivity index (χ3v) is 6.44. The van der Waals surface area contributed by atoms with E-state index in [4.69, 9.17) is 5.11 Å². The fourth-order valence-electron chi connectivity index (χ4n) is 3.82. The van der Waals surface area contributed by atoms with Crippen molar-refractivity contribution >= 4 is 39.7 Å². The second kappa shape index (κ2) is 10.9. The summed E-state index contributed by atoms with van der Waals surface area (Å²) in [5.41, 5.74) is 4.80. The number of hydrogen-bond acceptors (Lipinski definition) is 4. The number of carboxylic acids is 1. The van der Waals surface area contributed by atoms with E-state index in [-0.39, 0.29) is 29.6 Å². The molecule has 3 N–H and O–H groups in total. The van der Waals surface area contributed by atoms with E-state index in [0.717, 1.165) is 33.2 Å². The van der Waals surface area contributed by atoms with Crippen LogP contribution in [-0.4, -0.2) is 38.9 Å². The van der Waals surface area contributed by atoms with E-state index in [9.17, 15) is 14.4 Å². The Morgan fingerprint density at radius 2 is 1.56 bits per heavy atom. The average Bonchev–Trinajstić information content (AvgIpc) is 3.26. The van der Waals surface area contributed by atoms with Gasteiger partial charge in [-0.3, -0.25) is 14.4 Å². The predicted molar refractivity (Wildman–Crippen MR) is 135 cm³/mol. The fourth-order valence-corrected chi connectivity index (χ4v) is 4.43. The molecule has 4 rings (SSSR count). The van der Waals surface area contributed by atoms with E-state index in [0.29, 0.717) is 11.8 Å². The number of aliphatic carboxylic acids is 1. The van der Waals surface area contributed by atoms with Gasteiger partial charge in [0.1, 0.15) is 6.04 Å². The van der Waals surface area contributed by atoms with Gasteiger partial charge >= 0.3 is 5.97 Å². The number of hydrogen-bond donors (Lipinski definition) is 3. The number of fused-ring (bicyclic) bond motifs is 1. The summed E-state index contributed by atoms with van der Waals surface area (Å²) in [6, 6.07) is 24.6. The Hall–Kier alpha value is -3.84. The van der Waals surface area contributed by atoms with E-state index in [2.05, 4.69) is 10.3 Å². The Morgan fingerprint density at radius 1 is 0.882 bits per heavy atom. The Bertz CT molecular complexity index is 1300. The molecule has 7 heteroatoms. The molecule has 1 heterocycles. The lowest BCUT2D eigenvalue weighted by Crippen LogP contribution is -2.42. The smallest absolute Gasteiger partial charge is 0.313 e. The molecule has 0 radical (unpaired) electrons. The van der Waals surface area contributed by atoms with Gasteiger partial charge in [0.15, 0.2) is 0 Å². The third kappa shape index (κ3) is 5.94. The second-order valence-corrected chi connectivity index (χ2v) is 8.90. The van der Waals surface area contributed by atoms with E-state index in [1.807, 2.05) is 85.1 Å².